The quantitative estimate of drug-likeness (QED) is 0.281. The van der Waals surface area contributed by atoms with Gasteiger partial charge in [0, 0.05) is 16.5 Å². The van der Waals surface area contributed by atoms with Crippen LogP contribution in [-0.4, -0.2) is 25.5 Å². The van der Waals surface area contributed by atoms with Crippen LogP contribution in [0.5, 0.6) is 11.5 Å². The molecule has 160 valence electrons. The molecule has 1 aliphatic carbocycles. The summed E-state index contributed by atoms with van der Waals surface area (Å²) in [6.07, 6.45) is 4.43. The van der Waals surface area contributed by atoms with Gasteiger partial charge in [0.1, 0.15) is 29.2 Å². The second-order valence-electron chi connectivity index (χ2n) is 7.14. The van der Waals surface area contributed by atoms with Crippen molar-refractivity contribution in [1.82, 2.24) is 0 Å². The molecule has 0 saturated heterocycles. The summed E-state index contributed by atoms with van der Waals surface area (Å²) in [5.74, 6) is 1.68. The summed E-state index contributed by atoms with van der Waals surface area (Å²) in [7, 11) is 0. The molecule has 0 heterocycles. The number of hydrogen-bond donors (Lipinski definition) is 0. The van der Waals surface area contributed by atoms with Gasteiger partial charge in [-0.05, 0) is 42.9 Å². The van der Waals surface area contributed by atoms with Crippen LogP contribution in [0.4, 0.5) is 0 Å². The molecular weight excluding hydrogens is 433 g/mol. The molecule has 0 spiro atoms. The minimum Gasteiger partial charge on any atom is -0.489 e. The summed E-state index contributed by atoms with van der Waals surface area (Å²) in [5, 5.41) is 6.64. The van der Waals surface area contributed by atoms with Crippen LogP contribution in [0.1, 0.15) is 24.0 Å². The lowest BCUT2D eigenvalue weighted by Crippen LogP contribution is -2.15. The molecule has 4 rings (SSSR count). The third kappa shape index (κ3) is 5.52. The SMILES string of the molecule is ClC(Cl)=CCOc1cccc2c1CCC/C2=N\OCCOc1cccc2ccccc12. The second kappa shape index (κ2) is 10.6. The molecule has 0 unspecified atom stereocenters. The molecule has 31 heavy (non-hydrogen) atoms. The van der Waals surface area contributed by atoms with Gasteiger partial charge in [0.15, 0.2) is 6.61 Å². The fourth-order valence-electron chi connectivity index (χ4n) is 3.72. The minimum absolute atomic E-state index is 0.200. The Bertz CT molecular complexity index is 1100. The Hall–Kier alpha value is -2.69. The summed E-state index contributed by atoms with van der Waals surface area (Å²) in [4.78, 5) is 5.59. The van der Waals surface area contributed by atoms with E-state index in [2.05, 4.69) is 29.4 Å². The number of fused-ring (bicyclic) bond motifs is 2. The predicted molar refractivity (Wildman–Crippen MR) is 127 cm³/mol. The first-order valence-electron chi connectivity index (χ1n) is 10.3. The van der Waals surface area contributed by atoms with Crippen LogP contribution >= 0.6 is 23.2 Å². The third-order valence-electron chi connectivity index (χ3n) is 5.12. The van der Waals surface area contributed by atoms with Crippen molar-refractivity contribution >= 4 is 39.7 Å². The van der Waals surface area contributed by atoms with E-state index < -0.39 is 0 Å². The Morgan fingerprint density at radius 2 is 1.68 bits per heavy atom. The first-order chi connectivity index (χ1) is 15.2. The lowest BCUT2D eigenvalue weighted by molar-refractivity contribution is 0.107. The Morgan fingerprint density at radius 3 is 2.58 bits per heavy atom. The fraction of sp³-hybridized carbons (Fsp3) is 0.240. The van der Waals surface area contributed by atoms with E-state index in [-0.39, 0.29) is 4.49 Å². The highest BCUT2D eigenvalue weighted by Crippen LogP contribution is 2.30. The number of benzene rings is 3. The maximum absolute atomic E-state index is 5.92. The van der Waals surface area contributed by atoms with Gasteiger partial charge < -0.3 is 14.3 Å². The summed E-state index contributed by atoms with van der Waals surface area (Å²) < 4.78 is 11.9. The summed E-state index contributed by atoms with van der Waals surface area (Å²) in [6.45, 7) is 1.12. The van der Waals surface area contributed by atoms with Gasteiger partial charge in [0.05, 0.1) is 5.71 Å². The lowest BCUT2D eigenvalue weighted by atomic mass is 9.89. The van der Waals surface area contributed by atoms with E-state index in [0.717, 1.165) is 58.4 Å². The molecule has 0 aliphatic heterocycles. The molecule has 6 heteroatoms. The Labute approximate surface area is 192 Å². The van der Waals surface area contributed by atoms with Crippen LogP contribution in [0, 0.1) is 0 Å². The number of oxime groups is 1. The number of hydrogen-bond acceptors (Lipinski definition) is 4. The van der Waals surface area contributed by atoms with Gasteiger partial charge in [-0.3, -0.25) is 0 Å². The van der Waals surface area contributed by atoms with Crippen molar-refractivity contribution < 1.29 is 14.3 Å². The largest absolute Gasteiger partial charge is 0.489 e. The first-order valence-corrected chi connectivity index (χ1v) is 11.0. The molecule has 0 N–H and O–H groups in total. The van der Waals surface area contributed by atoms with E-state index in [1.54, 1.807) is 6.08 Å². The van der Waals surface area contributed by atoms with Crippen molar-refractivity contribution in [2.24, 2.45) is 5.16 Å². The maximum atomic E-state index is 5.92. The molecule has 0 radical (unpaired) electrons. The van der Waals surface area contributed by atoms with Crippen molar-refractivity contribution in [3.63, 3.8) is 0 Å². The fourth-order valence-corrected chi connectivity index (χ4v) is 3.85. The van der Waals surface area contributed by atoms with Crippen LogP contribution < -0.4 is 9.47 Å². The minimum atomic E-state index is 0.200. The molecule has 3 aromatic rings. The van der Waals surface area contributed by atoms with Gasteiger partial charge >= 0.3 is 0 Å². The maximum Gasteiger partial charge on any atom is 0.151 e. The zero-order valence-corrected chi connectivity index (χ0v) is 18.5. The summed E-state index contributed by atoms with van der Waals surface area (Å²) in [5.41, 5.74) is 3.14. The van der Waals surface area contributed by atoms with Crippen LogP contribution in [0.25, 0.3) is 10.8 Å². The van der Waals surface area contributed by atoms with E-state index in [4.69, 9.17) is 37.5 Å². The van der Waals surface area contributed by atoms with Gasteiger partial charge in [0.25, 0.3) is 0 Å². The highest BCUT2D eigenvalue weighted by molar-refractivity contribution is 6.55. The van der Waals surface area contributed by atoms with Crippen molar-refractivity contribution in [3.05, 3.63) is 82.4 Å². The average molecular weight is 456 g/mol. The van der Waals surface area contributed by atoms with Crippen molar-refractivity contribution in [1.29, 1.82) is 0 Å². The molecule has 0 fully saturated rings. The predicted octanol–water partition coefficient (Wildman–Crippen LogP) is 6.67. The van der Waals surface area contributed by atoms with Crippen LogP contribution in [0.2, 0.25) is 0 Å². The molecule has 0 amide bonds. The zero-order valence-electron chi connectivity index (χ0n) is 17.0. The van der Waals surface area contributed by atoms with E-state index in [1.165, 1.54) is 0 Å². The van der Waals surface area contributed by atoms with Gasteiger partial charge in [0.2, 0.25) is 0 Å². The van der Waals surface area contributed by atoms with Gasteiger partial charge in [-0.2, -0.15) is 0 Å². The molecule has 0 saturated carbocycles. The van der Waals surface area contributed by atoms with Crippen LogP contribution in [0.15, 0.2) is 76.4 Å². The van der Waals surface area contributed by atoms with Gasteiger partial charge in [-0.1, -0.05) is 76.9 Å². The van der Waals surface area contributed by atoms with E-state index >= 15 is 0 Å². The first kappa shape index (κ1) is 21.5. The van der Waals surface area contributed by atoms with Crippen LogP contribution in [0.3, 0.4) is 0 Å². The molecular formula is C25H23Cl2NO3. The molecule has 4 nitrogen and oxygen atoms in total. The van der Waals surface area contributed by atoms with Crippen molar-refractivity contribution in [2.75, 3.05) is 19.8 Å². The molecule has 3 aromatic carbocycles. The standard InChI is InChI=1S/C25H23Cl2NO3/c26-25(27)14-15-29-24-13-5-9-20-21(24)10-4-11-22(20)28-31-17-16-30-23-12-3-7-18-6-1-2-8-19(18)23/h1-3,5-9,12-14H,4,10-11,15-17H2/b28-22+. The average Bonchev–Trinajstić information content (AvgIpc) is 2.79. The lowest BCUT2D eigenvalue weighted by Gasteiger charge is -2.20. The Kier molecular flexibility index (Phi) is 7.34. The highest BCUT2D eigenvalue weighted by atomic mass is 35.5. The molecule has 1 aliphatic rings. The number of nitrogens with zero attached hydrogens (tertiary/aromatic N) is 1. The number of halogens is 2. The van der Waals surface area contributed by atoms with Crippen molar-refractivity contribution in [2.45, 2.75) is 19.3 Å². The summed E-state index contributed by atoms with van der Waals surface area (Å²) in [6, 6.07) is 20.2. The number of rotatable bonds is 8. The van der Waals surface area contributed by atoms with Crippen molar-refractivity contribution in [3.8, 4) is 11.5 Å². The second-order valence-corrected chi connectivity index (χ2v) is 8.15. The van der Waals surface area contributed by atoms with Gasteiger partial charge in [-0.15, -0.1) is 0 Å². The van der Waals surface area contributed by atoms with Gasteiger partial charge in [-0.25, -0.2) is 0 Å². The molecule has 0 bridgehead atoms. The van der Waals surface area contributed by atoms with Crippen LogP contribution in [-0.2, 0) is 11.3 Å². The molecule has 0 atom stereocenters. The Morgan fingerprint density at radius 1 is 0.871 bits per heavy atom. The monoisotopic (exact) mass is 455 g/mol. The number of ether oxygens (including phenoxy) is 2. The smallest absolute Gasteiger partial charge is 0.151 e. The summed E-state index contributed by atoms with van der Waals surface area (Å²) >= 11 is 11.3. The van der Waals surface area contributed by atoms with E-state index in [0.29, 0.717) is 19.8 Å². The Balaban J connectivity index is 1.37. The highest BCUT2D eigenvalue weighted by Gasteiger charge is 2.19. The van der Waals surface area contributed by atoms with E-state index in [1.807, 2.05) is 36.4 Å². The third-order valence-corrected chi connectivity index (χ3v) is 5.43. The zero-order chi connectivity index (χ0) is 21.5. The molecule has 0 aromatic heterocycles. The topological polar surface area (TPSA) is 40.0 Å². The van der Waals surface area contributed by atoms with E-state index in [9.17, 15) is 0 Å². The normalized spacial score (nSPS) is 14.2.